The molecule has 0 aliphatic rings. The summed E-state index contributed by atoms with van der Waals surface area (Å²) >= 11 is 0.964. The number of primary amides is 1. The van der Waals surface area contributed by atoms with E-state index < -0.39 is 5.91 Å². The van der Waals surface area contributed by atoms with E-state index >= 15 is 0 Å². The molecule has 0 saturated carbocycles. The van der Waals surface area contributed by atoms with Crippen LogP contribution in [0.5, 0.6) is 5.75 Å². The fourth-order valence-electron chi connectivity index (χ4n) is 2.08. The van der Waals surface area contributed by atoms with Gasteiger partial charge in [-0.2, -0.15) is 0 Å². The Morgan fingerprint density at radius 2 is 2.23 bits per heavy atom. The summed E-state index contributed by atoms with van der Waals surface area (Å²) in [5, 5.41) is 13.1. The highest BCUT2D eigenvalue weighted by molar-refractivity contribution is 7.96. The summed E-state index contributed by atoms with van der Waals surface area (Å²) in [7, 11) is 0. The fourth-order valence-corrected chi connectivity index (χ4v) is 2.35. The predicted molar refractivity (Wildman–Crippen MR) is 104 cm³/mol. The highest BCUT2D eigenvalue weighted by Gasteiger charge is 2.13. The zero-order valence-corrected chi connectivity index (χ0v) is 15.3. The first kappa shape index (κ1) is 19.4. The van der Waals surface area contributed by atoms with E-state index in [9.17, 15) is 9.90 Å². The van der Waals surface area contributed by atoms with E-state index in [1.807, 2.05) is 6.07 Å². The Balaban J connectivity index is 2.20. The zero-order valence-electron chi connectivity index (χ0n) is 14.5. The molecule has 1 amide bonds. The summed E-state index contributed by atoms with van der Waals surface area (Å²) in [4.78, 5) is 15.7. The second-order valence-electron chi connectivity index (χ2n) is 5.68. The fraction of sp³-hybridized carbons (Fsp3) is 0.235. The van der Waals surface area contributed by atoms with Gasteiger partial charge < -0.3 is 20.6 Å². The monoisotopic (exact) mass is 375 g/mol. The SMILES string of the molecule is C=NSNC(=NCc1cc(C(C)C)co1)Nc1cccc(C(N)=O)c1O. The van der Waals surface area contributed by atoms with Crippen LogP contribution in [0.4, 0.5) is 5.69 Å². The van der Waals surface area contributed by atoms with E-state index in [1.165, 1.54) is 6.07 Å². The molecule has 0 radical (unpaired) electrons. The van der Waals surface area contributed by atoms with E-state index in [0.29, 0.717) is 17.6 Å². The molecule has 138 valence electrons. The Hall–Kier alpha value is -2.94. The maximum Gasteiger partial charge on any atom is 0.252 e. The first-order valence-corrected chi connectivity index (χ1v) is 8.58. The Bertz CT molecular complexity index is 816. The van der Waals surface area contributed by atoms with E-state index in [1.54, 1.807) is 18.4 Å². The normalized spacial score (nSPS) is 11.4. The van der Waals surface area contributed by atoms with Crippen molar-refractivity contribution < 1.29 is 14.3 Å². The maximum absolute atomic E-state index is 11.3. The van der Waals surface area contributed by atoms with Gasteiger partial charge in [-0.3, -0.25) is 9.52 Å². The van der Waals surface area contributed by atoms with Crippen molar-refractivity contribution in [1.82, 2.24) is 4.72 Å². The van der Waals surface area contributed by atoms with Gasteiger partial charge in [0, 0.05) is 6.72 Å². The number of carbonyl (C=O) groups is 1. The van der Waals surface area contributed by atoms with Gasteiger partial charge in [-0.25, -0.2) is 9.39 Å². The number of aromatic hydroxyl groups is 1. The molecule has 2 aromatic rings. The van der Waals surface area contributed by atoms with E-state index in [-0.39, 0.29) is 23.5 Å². The number of para-hydroxylation sites is 1. The molecule has 0 aliphatic heterocycles. The number of rotatable bonds is 7. The molecule has 0 bridgehead atoms. The number of aliphatic imine (C=N–C) groups is 1. The molecule has 5 N–H and O–H groups in total. The molecule has 0 spiro atoms. The van der Waals surface area contributed by atoms with Crippen molar-refractivity contribution in [2.45, 2.75) is 26.3 Å². The van der Waals surface area contributed by atoms with Crippen molar-refractivity contribution in [3.05, 3.63) is 47.4 Å². The molecule has 2 rings (SSSR count). The second kappa shape index (κ2) is 8.95. The maximum atomic E-state index is 11.3. The molecule has 0 saturated heterocycles. The molecule has 0 fully saturated rings. The highest BCUT2D eigenvalue weighted by atomic mass is 32.2. The molecule has 26 heavy (non-hydrogen) atoms. The number of furan rings is 1. The van der Waals surface area contributed by atoms with Gasteiger partial charge in [0.25, 0.3) is 5.91 Å². The van der Waals surface area contributed by atoms with Gasteiger partial charge in [0.1, 0.15) is 12.3 Å². The molecule has 9 heteroatoms. The van der Waals surface area contributed by atoms with Crippen molar-refractivity contribution in [3.8, 4) is 5.75 Å². The molecule has 0 atom stereocenters. The largest absolute Gasteiger partial charge is 0.505 e. The van der Waals surface area contributed by atoms with Crippen LogP contribution in [-0.2, 0) is 6.54 Å². The van der Waals surface area contributed by atoms with Crippen molar-refractivity contribution in [1.29, 1.82) is 0 Å². The van der Waals surface area contributed by atoms with Gasteiger partial charge >= 0.3 is 0 Å². The van der Waals surface area contributed by atoms with Crippen molar-refractivity contribution in [3.63, 3.8) is 0 Å². The summed E-state index contributed by atoms with van der Waals surface area (Å²) in [6.45, 7) is 7.80. The van der Waals surface area contributed by atoms with Crippen LogP contribution in [0.1, 0.15) is 41.4 Å². The third-order valence-corrected chi connectivity index (χ3v) is 3.91. The number of carbonyl (C=O) groups excluding carboxylic acids is 1. The molecule has 1 heterocycles. The smallest absolute Gasteiger partial charge is 0.252 e. The van der Waals surface area contributed by atoms with Crippen LogP contribution in [0.2, 0.25) is 0 Å². The summed E-state index contributed by atoms with van der Waals surface area (Å²) in [6, 6.07) is 6.56. The van der Waals surface area contributed by atoms with Crippen LogP contribution < -0.4 is 15.8 Å². The molecule has 1 aromatic heterocycles. The van der Waals surface area contributed by atoms with Crippen molar-refractivity contribution in [2.24, 2.45) is 15.1 Å². The van der Waals surface area contributed by atoms with Crippen LogP contribution in [0, 0.1) is 0 Å². The molecular weight excluding hydrogens is 354 g/mol. The third-order valence-electron chi connectivity index (χ3n) is 3.50. The minimum atomic E-state index is -0.725. The second-order valence-corrected chi connectivity index (χ2v) is 6.32. The quantitative estimate of drug-likeness (QED) is 0.255. The number of nitrogens with zero attached hydrogens (tertiary/aromatic N) is 2. The minimum Gasteiger partial charge on any atom is -0.505 e. The lowest BCUT2D eigenvalue weighted by molar-refractivity contribution is 0.0998. The number of nitrogens with one attached hydrogen (secondary N) is 2. The van der Waals surface area contributed by atoms with Crippen LogP contribution in [0.25, 0.3) is 0 Å². The lowest BCUT2D eigenvalue weighted by Crippen LogP contribution is -2.25. The summed E-state index contributed by atoms with van der Waals surface area (Å²) in [6.07, 6.45) is 1.71. The Kier molecular flexibility index (Phi) is 6.67. The lowest BCUT2D eigenvalue weighted by Gasteiger charge is -2.12. The van der Waals surface area contributed by atoms with Gasteiger partial charge in [0.2, 0.25) is 5.96 Å². The van der Waals surface area contributed by atoms with Crippen molar-refractivity contribution >= 4 is 36.4 Å². The third kappa shape index (κ3) is 5.03. The Labute approximate surface area is 155 Å². The van der Waals surface area contributed by atoms with E-state index in [4.69, 9.17) is 10.2 Å². The summed E-state index contributed by atoms with van der Waals surface area (Å²) < 4.78 is 12.0. The van der Waals surface area contributed by atoms with Gasteiger partial charge in [0.15, 0.2) is 5.75 Å². The molecule has 1 aromatic carbocycles. The number of guanidine groups is 1. The Morgan fingerprint density at radius 3 is 2.85 bits per heavy atom. The number of nitrogens with two attached hydrogens (primary N) is 1. The number of benzene rings is 1. The topological polar surface area (TPSA) is 125 Å². The minimum absolute atomic E-state index is 0.0106. The lowest BCUT2D eigenvalue weighted by atomic mass is 10.1. The zero-order chi connectivity index (χ0) is 19.1. The van der Waals surface area contributed by atoms with E-state index in [2.05, 4.69) is 40.0 Å². The summed E-state index contributed by atoms with van der Waals surface area (Å²) in [5.41, 5.74) is 6.62. The number of hydrogen-bond donors (Lipinski definition) is 4. The van der Waals surface area contributed by atoms with Crippen LogP contribution in [0.15, 0.2) is 44.3 Å². The first-order valence-electron chi connectivity index (χ1n) is 7.81. The predicted octanol–water partition coefficient (Wildman–Crippen LogP) is 3.03. The summed E-state index contributed by atoms with van der Waals surface area (Å²) in [5.74, 6) is 0.382. The Morgan fingerprint density at radius 1 is 1.46 bits per heavy atom. The number of anilines is 1. The molecule has 0 aliphatic carbocycles. The van der Waals surface area contributed by atoms with Gasteiger partial charge in [-0.05, 0) is 29.7 Å². The average Bonchev–Trinajstić information content (AvgIpc) is 3.08. The van der Waals surface area contributed by atoms with Gasteiger partial charge in [0.05, 0.1) is 29.6 Å². The van der Waals surface area contributed by atoms with Crippen LogP contribution in [-0.4, -0.2) is 23.7 Å². The van der Waals surface area contributed by atoms with Crippen LogP contribution in [0.3, 0.4) is 0 Å². The first-order chi connectivity index (χ1) is 12.4. The molecular formula is C17H21N5O3S. The average molecular weight is 375 g/mol. The van der Waals surface area contributed by atoms with Gasteiger partial charge in [-0.1, -0.05) is 19.9 Å². The van der Waals surface area contributed by atoms with Crippen molar-refractivity contribution in [2.75, 3.05) is 5.32 Å². The standard InChI is InChI=1S/C17H21N5O3S/c1-10(2)11-7-12(25-9-11)8-20-17(22-26-19-3)21-14-6-4-5-13(15(14)23)16(18)24/h4-7,9-10,23H,3,8H2,1-2H3,(H2,18,24)(H2,20,21,22). The number of amides is 1. The van der Waals surface area contributed by atoms with Gasteiger partial charge in [-0.15, -0.1) is 0 Å². The molecule has 0 unspecified atom stereocenters. The number of phenols is 1. The number of hydrogen-bond acceptors (Lipinski definition) is 6. The van der Waals surface area contributed by atoms with E-state index in [0.717, 1.165) is 17.7 Å². The highest BCUT2D eigenvalue weighted by Crippen LogP contribution is 2.27. The molecule has 8 nitrogen and oxygen atoms in total. The van der Waals surface area contributed by atoms with Crippen LogP contribution >= 0.6 is 12.1 Å².